The van der Waals surface area contributed by atoms with Gasteiger partial charge in [-0.25, -0.2) is 4.39 Å². The van der Waals surface area contributed by atoms with Crippen LogP contribution in [0.25, 0.3) is 5.76 Å². The first-order chi connectivity index (χ1) is 8.45. The van der Waals surface area contributed by atoms with Gasteiger partial charge in [-0.2, -0.15) is 0 Å². The molecule has 1 rings (SSSR count). The second-order valence-corrected chi connectivity index (χ2v) is 3.83. The van der Waals surface area contributed by atoms with Crippen LogP contribution in [-0.2, 0) is 9.53 Å². The summed E-state index contributed by atoms with van der Waals surface area (Å²) in [4.78, 5) is 11.0. The Hall–Kier alpha value is -2.10. The van der Waals surface area contributed by atoms with E-state index in [2.05, 4.69) is 11.9 Å². The van der Waals surface area contributed by atoms with Crippen molar-refractivity contribution in [2.24, 2.45) is 0 Å². The molecule has 0 aliphatic carbocycles. The Kier molecular flexibility index (Phi) is 4.66. The van der Waals surface area contributed by atoms with Crippen LogP contribution in [-0.4, -0.2) is 13.0 Å². The van der Waals surface area contributed by atoms with Crippen LogP contribution in [0.4, 0.5) is 4.39 Å². The lowest BCUT2D eigenvalue weighted by Gasteiger charge is -2.13. The van der Waals surface area contributed by atoms with Crippen LogP contribution in [0.1, 0.15) is 19.4 Å². The Labute approximate surface area is 106 Å². The number of methoxy groups -OCH3 is 1. The zero-order valence-electron chi connectivity index (χ0n) is 10.7. The first-order valence-corrected chi connectivity index (χ1v) is 5.43. The van der Waals surface area contributed by atoms with Gasteiger partial charge < -0.3 is 10.1 Å². The summed E-state index contributed by atoms with van der Waals surface area (Å²) in [6.45, 7) is 6.90. The van der Waals surface area contributed by atoms with Crippen molar-refractivity contribution >= 4 is 11.7 Å². The molecule has 0 atom stereocenters. The van der Waals surface area contributed by atoms with Crippen molar-refractivity contribution in [3.63, 3.8) is 0 Å². The van der Waals surface area contributed by atoms with Gasteiger partial charge in [0.1, 0.15) is 11.6 Å². The summed E-state index contributed by atoms with van der Waals surface area (Å²) < 4.78 is 18.4. The van der Waals surface area contributed by atoms with Crippen molar-refractivity contribution < 1.29 is 13.9 Å². The molecule has 18 heavy (non-hydrogen) atoms. The summed E-state index contributed by atoms with van der Waals surface area (Å²) in [6, 6.07) is 6.04. The molecular formula is C14H16FNO2. The Morgan fingerprint density at radius 1 is 1.39 bits per heavy atom. The Morgan fingerprint density at radius 3 is 2.56 bits per heavy atom. The maximum Gasteiger partial charge on any atom is 0.221 e. The number of hydrogen-bond donors (Lipinski definition) is 1. The molecule has 1 N–H and O–H groups in total. The molecule has 0 unspecified atom stereocenters. The van der Waals surface area contributed by atoms with E-state index < -0.39 is 0 Å². The minimum atomic E-state index is -0.347. The van der Waals surface area contributed by atoms with E-state index in [1.165, 1.54) is 26.2 Å². The van der Waals surface area contributed by atoms with Crippen molar-refractivity contribution in [2.75, 3.05) is 7.11 Å². The minimum Gasteiger partial charge on any atom is -0.496 e. The summed E-state index contributed by atoms with van der Waals surface area (Å²) in [7, 11) is 1.49. The zero-order valence-corrected chi connectivity index (χ0v) is 10.7. The lowest BCUT2D eigenvalue weighted by molar-refractivity contribution is -0.118. The minimum absolute atomic E-state index is 0.214. The quantitative estimate of drug-likeness (QED) is 0.658. The van der Waals surface area contributed by atoms with Crippen LogP contribution >= 0.6 is 0 Å². The molecule has 0 saturated heterocycles. The van der Waals surface area contributed by atoms with Gasteiger partial charge in [0, 0.05) is 23.8 Å². The topological polar surface area (TPSA) is 38.3 Å². The molecule has 0 spiro atoms. The Morgan fingerprint density at radius 2 is 2.06 bits per heavy atom. The first-order valence-electron chi connectivity index (χ1n) is 5.43. The number of carbonyl (C=O) groups excluding carboxylic acids is 1. The monoisotopic (exact) mass is 249 g/mol. The molecule has 96 valence electrons. The fraction of sp³-hybridized carbons (Fsp3) is 0.214. The van der Waals surface area contributed by atoms with Crippen LogP contribution in [0, 0.1) is 5.82 Å². The summed E-state index contributed by atoms with van der Waals surface area (Å²) in [6.07, 6.45) is 0. The van der Waals surface area contributed by atoms with E-state index in [9.17, 15) is 9.18 Å². The highest BCUT2D eigenvalue weighted by Gasteiger charge is 2.10. The SMILES string of the molecule is C=C(NC(C)=O)/C(C)=C(\OC)c1cccc(F)c1. The van der Waals surface area contributed by atoms with E-state index >= 15 is 0 Å². The van der Waals surface area contributed by atoms with E-state index in [-0.39, 0.29) is 11.7 Å². The smallest absolute Gasteiger partial charge is 0.221 e. The number of allylic oxidation sites excluding steroid dienone is 1. The zero-order chi connectivity index (χ0) is 13.7. The molecule has 3 nitrogen and oxygen atoms in total. The molecule has 0 fully saturated rings. The maximum atomic E-state index is 13.2. The summed E-state index contributed by atoms with van der Waals surface area (Å²) in [5.74, 6) is -0.0812. The van der Waals surface area contributed by atoms with Crippen molar-refractivity contribution in [2.45, 2.75) is 13.8 Å². The normalized spacial score (nSPS) is 11.6. The van der Waals surface area contributed by atoms with Crippen LogP contribution in [0.15, 0.2) is 42.1 Å². The third-order valence-electron chi connectivity index (χ3n) is 2.41. The molecule has 0 aromatic heterocycles. The van der Waals surface area contributed by atoms with E-state index in [0.29, 0.717) is 22.6 Å². The largest absolute Gasteiger partial charge is 0.496 e. The van der Waals surface area contributed by atoms with Crippen LogP contribution in [0.2, 0.25) is 0 Å². The fourth-order valence-corrected chi connectivity index (χ4v) is 1.56. The lowest BCUT2D eigenvalue weighted by atomic mass is 10.1. The Bertz CT molecular complexity index is 506. The molecule has 1 aromatic carbocycles. The average Bonchev–Trinajstić information content (AvgIpc) is 2.29. The average molecular weight is 249 g/mol. The number of hydrogen-bond acceptors (Lipinski definition) is 2. The number of carbonyl (C=O) groups is 1. The van der Waals surface area contributed by atoms with Gasteiger partial charge in [0.25, 0.3) is 0 Å². The molecule has 0 saturated carbocycles. The second kappa shape index (κ2) is 6.00. The van der Waals surface area contributed by atoms with E-state index in [1.807, 2.05) is 0 Å². The molecular weight excluding hydrogens is 233 g/mol. The lowest BCUT2D eigenvalue weighted by Crippen LogP contribution is -2.19. The van der Waals surface area contributed by atoms with Gasteiger partial charge in [-0.15, -0.1) is 0 Å². The van der Waals surface area contributed by atoms with E-state index in [1.54, 1.807) is 19.1 Å². The standard InChI is InChI=1S/C14H16FNO2/c1-9(10(2)16-11(3)17)14(18-4)12-6-5-7-13(15)8-12/h5-8H,2H2,1,3-4H3,(H,16,17)/b14-9-. The molecule has 0 heterocycles. The van der Waals surface area contributed by atoms with Crippen LogP contribution in [0.3, 0.4) is 0 Å². The van der Waals surface area contributed by atoms with Crippen molar-refractivity contribution in [3.05, 3.63) is 53.5 Å². The van der Waals surface area contributed by atoms with Gasteiger partial charge >= 0.3 is 0 Å². The summed E-state index contributed by atoms with van der Waals surface area (Å²) in [5.41, 5.74) is 1.68. The highest BCUT2D eigenvalue weighted by molar-refractivity contribution is 5.77. The number of benzene rings is 1. The van der Waals surface area contributed by atoms with Gasteiger partial charge in [-0.05, 0) is 19.1 Å². The fourth-order valence-electron chi connectivity index (χ4n) is 1.56. The van der Waals surface area contributed by atoms with Gasteiger partial charge in [0.05, 0.1) is 7.11 Å². The second-order valence-electron chi connectivity index (χ2n) is 3.83. The molecule has 0 radical (unpaired) electrons. The molecule has 0 aliphatic rings. The molecule has 1 amide bonds. The van der Waals surface area contributed by atoms with Gasteiger partial charge in [0.2, 0.25) is 5.91 Å². The number of amides is 1. The van der Waals surface area contributed by atoms with Crippen molar-refractivity contribution in [3.8, 4) is 0 Å². The molecule has 0 bridgehead atoms. The highest BCUT2D eigenvalue weighted by Crippen LogP contribution is 2.23. The Balaban J connectivity index is 3.15. The predicted octanol–water partition coefficient (Wildman–Crippen LogP) is 2.85. The third-order valence-corrected chi connectivity index (χ3v) is 2.41. The number of rotatable bonds is 4. The van der Waals surface area contributed by atoms with Crippen molar-refractivity contribution in [1.29, 1.82) is 0 Å². The van der Waals surface area contributed by atoms with Gasteiger partial charge in [-0.1, -0.05) is 18.7 Å². The third kappa shape index (κ3) is 3.45. The summed E-state index contributed by atoms with van der Waals surface area (Å²) >= 11 is 0. The van der Waals surface area contributed by atoms with Gasteiger partial charge in [-0.3, -0.25) is 4.79 Å². The highest BCUT2D eigenvalue weighted by atomic mass is 19.1. The van der Waals surface area contributed by atoms with Gasteiger partial charge in [0.15, 0.2) is 0 Å². The predicted molar refractivity (Wildman–Crippen MR) is 69.0 cm³/mol. The number of nitrogens with one attached hydrogen (secondary N) is 1. The van der Waals surface area contributed by atoms with Crippen molar-refractivity contribution in [1.82, 2.24) is 5.32 Å². The van der Waals surface area contributed by atoms with E-state index in [4.69, 9.17) is 4.74 Å². The number of halogens is 1. The van der Waals surface area contributed by atoms with E-state index in [0.717, 1.165) is 0 Å². The van der Waals surface area contributed by atoms with Crippen LogP contribution in [0.5, 0.6) is 0 Å². The first kappa shape index (κ1) is 14.0. The molecule has 1 aromatic rings. The summed E-state index contributed by atoms with van der Waals surface area (Å²) in [5, 5.41) is 2.58. The molecule has 4 heteroatoms. The van der Waals surface area contributed by atoms with Crippen LogP contribution < -0.4 is 5.32 Å². The number of ether oxygens (including phenoxy) is 1. The molecule has 0 aliphatic heterocycles. The maximum absolute atomic E-state index is 13.2.